The number of nitrogens with zero attached hydrogens (tertiary/aromatic N) is 3. The van der Waals surface area contributed by atoms with Crippen LogP contribution in [-0.2, 0) is 47.9 Å². The van der Waals surface area contributed by atoms with Gasteiger partial charge < -0.3 is 68.9 Å². The molecular weight excluding hydrogens is 983 g/mol. The molecule has 9 atom stereocenters. The van der Waals surface area contributed by atoms with Crippen molar-refractivity contribution < 1.29 is 53.1 Å². The van der Waals surface area contributed by atoms with Crippen LogP contribution in [0.2, 0.25) is 0 Å². The fraction of sp³-hybridized carbons (Fsp3) is 0.635. The Morgan fingerprint density at radius 1 is 0.763 bits per heavy atom. The summed E-state index contributed by atoms with van der Waals surface area (Å²) in [6, 6.07) is 0.649. The fourth-order valence-corrected chi connectivity index (χ4v) is 8.17. The number of hydrogen-bond donors (Lipinski definition) is 11. The molecule has 424 valence electrons. The van der Waals surface area contributed by atoms with E-state index in [2.05, 4.69) is 47.5 Å². The number of nitrogens with one attached hydrogen (secondary N) is 8. The number of aliphatic imine (C=N–C) groups is 1. The normalized spacial score (nSPS) is 16.3. The van der Waals surface area contributed by atoms with Gasteiger partial charge in [0, 0.05) is 33.6 Å². The Bertz CT molecular complexity index is 2170. The SMILES string of the molecule is CCC[C@H](NC(=O)[C@@H](NC(=O)[C@@H](CC(C)C)NC(=O)[C@H](C/C=C/c1ccccc1)NC(=O)CNC(=O)CN(C)C(C)=O)[C@@H](C)O)C(=O)N[C@H](C(=O)N[C@@H](CCCN=C(N)N)C(=O)N1CCC[C@H]1C(=O)NCC)[C@@H](C)CC. The second-order valence-electron chi connectivity index (χ2n) is 19.6. The molecule has 1 fully saturated rings. The molecular formula is C52H85N13O11. The Hall–Kier alpha value is -7.11. The molecule has 24 nitrogen and oxygen atoms in total. The van der Waals surface area contributed by atoms with E-state index in [1.807, 2.05) is 37.3 Å². The number of carbonyl (C=O) groups excluding carboxylic acids is 10. The minimum absolute atomic E-state index is 0.0414. The molecule has 76 heavy (non-hydrogen) atoms. The van der Waals surface area contributed by atoms with Crippen molar-refractivity contribution in [1.82, 2.24) is 52.3 Å². The topological polar surface area (TPSA) is 358 Å². The zero-order valence-corrected chi connectivity index (χ0v) is 45.7. The molecule has 10 amide bonds. The maximum Gasteiger partial charge on any atom is 0.245 e. The van der Waals surface area contributed by atoms with Gasteiger partial charge in [-0.1, -0.05) is 89.9 Å². The molecule has 0 aromatic heterocycles. The molecule has 0 unspecified atom stereocenters. The minimum Gasteiger partial charge on any atom is -0.391 e. The fourth-order valence-electron chi connectivity index (χ4n) is 8.17. The van der Waals surface area contributed by atoms with Gasteiger partial charge in [0.2, 0.25) is 59.1 Å². The van der Waals surface area contributed by atoms with Gasteiger partial charge in [0.1, 0.15) is 42.3 Å². The van der Waals surface area contributed by atoms with Gasteiger partial charge in [0.15, 0.2) is 5.96 Å². The second kappa shape index (κ2) is 33.7. The van der Waals surface area contributed by atoms with Crippen LogP contribution in [0.1, 0.15) is 119 Å². The van der Waals surface area contributed by atoms with Crippen molar-refractivity contribution in [2.45, 2.75) is 162 Å². The molecule has 1 aliphatic heterocycles. The highest BCUT2D eigenvalue weighted by Crippen LogP contribution is 2.21. The molecule has 1 aliphatic rings. The molecule has 13 N–H and O–H groups in total. The summed E-state index contributed by atoms with van der Waals surface area (Å²) >= 11 is 0. The summed E-state index contributed by atoms with van der Waals surface area (Å²) in [5, 5.41) is 32.1. The van der Waals surface area contributed by atoms with E-state index in [0.717, 1.165) is 10.5 Å². The van der Waals surface area contributed by atoms with Crippen molar-refractivity contribution in [2.24, 2.45) is 28.3 Å². The molecule has 24 heteroatoms. The maximum atomic E-state index is 14.2. The smallest absolute Gasteiger partial charge is 0.245 e. The van der Waals surface area contributed by atoms with Gasteiger partial charge in [-0.2, -0.15) is 0 Å². The Labute approximate surface area is 446 Å². The van der Waals surface area contributed by atoms with E-state index >= 15 is 0 Å². The quantitative estimate of drug-likeness (QED) is 0.0236. The number of aliphatic hydroxyl groups excluding tert-OH is 1. The van der Waals surface area contributed by atoms with Crippen molar-refractivity contribution in [3.8, 4) is 0 Å². The Morgan fingerprint density at radius 2 is 1.37 bits per heavy atom. The first kappa shape index (κ1) is 65.0. The van der Waals surface area contributed by atoms with Crippen molar-refractivity contribution in [2.75, 3.05) is 39.8 Å². The van der Waals surface area contributed by atoms with Crippen LogP contribution in [0.4, 0.5) is 0 Å². The maximum absolute atomic E-state index is 14.2. The highest BCUT2D eigenvalue weighted by Gasteiger charge is 2.40. The summed E-state index contributed by atoms with van der Waals surface area (Å²) in [6.07, 6.45) is 4.19. The van der Waals surface area contributed by atoms with Gasteiger partial charge >= 0.3 is 0 Å². The largest absolute Gasteiger partial charge is 0.391 e. The predicted octanol–water partition coefficient (Wildman–Crippen LogP) is -0.953. The Balaban J connectivity index is 2.34. The average molecular weight is 1070 g/mol. The number of hydrogen-bond acceptors (Lipinski definition) is 12. The molecule has 2 rings (SSSR count). The van der Waals surface area contributed by atoms with E-state index in [1.165, 1.54) is 25.8 Å². The van der Waals surface area contributed by atoms with E-state index in [9.17, 15) is 53.1 Å². The van der Waals surface area contributed by atoms with E-state index in [0.29, 0.717) is 45.2 Å². The van der Waals surface area contributed by atoms with Crippen LogP contribution in [0.3, 0.4) is 0 Å². The monoisotopic (exact) mass is 1070 g/mol. The molecule has 0 saturated carbocycles. The summed E-state index contributed by atoms with van der Waals surface area (Å²) in [6.45, 7) is 13.2. The van der Waals surface area contributed by atoms with Crippen molar-refractivity contribution in [3.63, 3.8) is 0 Å². The number of guanidine groups is 1. The summed E-state index contributed by atoms with van der Waals surface area (Å²) in [5.74, 6) is -7.29. The summed E-state index contributed by atoms with van der Waals surface area (Å²) in [7, 11) is 1.42. The molecule has 1 aromatic rings. The predicted molar refractivity (Wildman–Crippen MR) is 287 cm³/mol. The summed E-state index contributed by atoms with van der Waals surface area (Å²) in [4.78, 5) is 141. The van der Waals surface area contributed by atoms with E-state index < -0.39 is 108 Å². The highest BCUT2D eigenvalue weighted by atomic mass is 16.3. The van der Waals surface area contributed by atoms with Crippen LogP contribution in [-0.4, -0.2) is 168 Å². The minimum atomic E-state index is -1.64. The number of benzene rings is 1. The van der Waals surface area contributed by atoms with Crippen LogP contribution in [0.5, 0.6) is 0 Å². The molecule has 1 heterocycles. The second-order valence-corrected chi connectivity index (χ2v) is 19.6. The Morgan fingerprint density at radius 3 is 1.96 bits per heavy atom. The van der Waals surface area contributed by atoms with Gasteiger partial charge in [-0.3, -0.25) is 52.9 Å². The van der Waals surface area contributed by atoms with Crippen molar-refractivity contribution >= 4 is 71.1 Å². The van der Waals surface area contributed by atoms with Crippen LogP contribution in [0.15, 0.2) is 41.4 Å². The lowest BCUT2D eigenvalue weighted by molar-refractivity contribution is -0.142. The zero-order chi connectivity index (χ0) is 57.1. The first-order valence-electron chi connectivity index (χ1n) is 26.3. The molecule has 0 bridgehead atoms. The van der Waals surface area contributed by atoms with Crippen LogP contribution >= 0.6 is 0 Å². The third-order valence-electron chi connectivity index (χ3n) is 12.7. The first-order valence-corrected chi connectivity index (χ1v) is 26.3. The van der Waals surface area contributed by atoms with Gasteiger partial charge in [-0.25, -0.2) is 0 Å². The summed E-state index contributed by atoms with van der Waals surface area (Å²) < 4.78 is 0. The third kappa shape index (κ3) is 22.8. The third-order valence-corrected chi connectivity index (χ3v) is 12.7. The summed E-state index contributed by atoms with van der Waals surface area (Å²) in [5.41, 5.74) is 11.8. The van der Waals surface area contributed by atoms with E-state index in [-0.39, 0.29) is 62.5 Å². The number of nitrogens with two attached hydrogens (primary N) is 2. The van der Waals surface area contributed by atoms with E-state index in [1.54, 1.807) is 46.8 Å². The molecule has 0 radical (unpaired) electrons. The molecule has 1 saturated heterocycles. The number of amides is 10. The average Bonchev–Trinajstić information content (AvgIpc) is 3.86. The van der Waals surface area contributed by atoms with E-state index in [4.69, 9.17) is 11.5 Å². The number of rotatable bonds is 32. The highest BCUT2D eigenvalue weighted by molar-refractivity contribution is 5.98. The van der Waals surface area contributed by atoms with Crippen molar-refractivity contribution in [3.05, 3.63) is 42.0 Å². The number of likely N-dealkylation sites (tertiary alicyclic amines) is 1. The number of aliphatic hydroxyl groups is 1. The lowest BCUT2D eigenvalue weighted by Gasteiger charge is -2.31. The van der Waals surface area contributed by atoms with Crippen LogP contribution in [0.25, 0.3) is 6.08 Å². The van der Waals surface area contributed by atoms with Gasteiger partial charge in [0.25, 0.3) is 0 Å². The van der Waals surface area contributed by atoms with Crippen molar-refractivity contribution in [1.29, 1.82) is 0 Å². The Kier molecular flexibility index (Phi) is 28.9. The first-order chi connectivity index (χ1) is 35.9. The standard InChI is InChI=1S/C52H85N13O11/c1-10-19-36(46(71)62-43(32(6)11-2)49(74)60-38(24-17-26-56-52(53)54)51(76)65-27-18-25-40(65)48(73)55-12-3)59-50(75)44(33(7)66)63-47(72)39(28-31(4)5)61-45(70)37(23-16-22-35-20-14-13-15-21-35)58-41(68)29-57-42(69)30-64(9)34(8)67/h13-16,20-22,31-33,36-40,43-44,66H,10-12,17-19,23-30H2,1-9H3,(H,55,73)(H,57,69)(H,58,68)(H,59,75)(H,60,74)(H,61,70)(H,62,71)(H,63,72)(H4,53,54,56)/b22-16+/t32-,33+,36-,37-,38-,39+,40-,43-,44-/m0/s1. The molecule has 0 aliphatic carbocycles. The van der Waals surface area contributed by atoms with Crippen LogP contribution in [0, 0.1) is 11.8 Å². The molecule has 1 aromatic carbocycles. The molecule has 0 spiro atoms. The van der Waals surface area contributed by atoms with Gasteiger partial charge in [-0.05, 0) is 76.2 Å². The zero-order valence-electron chi connectivity index (χ0n) is 45.7. The van der Waals surface area contributed by atoms with Gasteiger partial charge in [0.05, 0.1) is 19.2 Å². The number of carbonyl (C=O) groups is 10. The van der Waals surface area contributed by atoms with Crippen LogP contribution < -0.4 is 54.0 Å². The lowest BCUT2D eigenvalue weighted by Crippen LogP contribution is -2.62. The van der Waals surface area contributed by atoms with Gasteiger partial charge in [-0.15, -0.1) is 0 Å². The number of likely N-dealkylation sites (N-methyl/N-ethyl adjacent to an activating group) is 2. The lowest BCUT2D eigenvalue weighted by atomic mass is 9.96.